The minimum absolute atomic E-state index is 0.0110. The lowest BCUT2D eigenvalue weighted by atomic mass is 9.99. The van der Waals surface area contributed by atoms with Crippen molar-refractivity contribution in [3.8, 4) is 0 Å². The van der Waals surface area contributed by atoms with Crippen molar-refractivity contribution in [2.45, 2.75) is 45.6 Å². The Kier molecular flexibility index (Phi) is 5.31. The molecule has 1 aromatic rings. The zero-order valence-electron chi connectivity index (χ0n) is 13.0. The second-order valence-corrected chi connectivity index (χ2v) is 5.74. The van der Waals surface area contributed by atoms with Gasteiger partial charge in [0.05, 0.1) is 6.42 Å². The fourth-order valence-electron chi connectivity index (χ4n) is 2.10. The number of benzene rings is 1. The highest BCUT2D eigenvalue weighted by Gasteiger charge is 2.23. The summed E-state index contributed by atoms with van der Waals surface area (Å²) in [5, 5.41) is 2.73. The van der Waals surface area contributed by atoms with Gasteiger partial charge in [-0.3, -0.25) is 14.4 Å². The Bertz CT molecular complexity index is 590. The minimum atomic E-state index is -0.524. The molecular weight excluding hydrogens is 282 g/mol. The van der Waals surface area contributed by atoms with Gasteiger partial charge in [-0.05, 0) is 38.3 Å². The largest absolute Gasteiger partial charge is 0.456 e. The summed E-state index contributed by atoms with van der Waals surface area (Å²) in [4.78, 5) is 35.1. The van der Waals surface area contributed by atoms with Gasteiger partial charge in [0.1, 0.15) is 0 Å². The van der Waals surface area contributed by atoms with Crippen molar-refractivity contribution in [2.75, 3.05) is 6.61 Å². The van der Waals surface area contributed by atoms with Crippen molar-refractivity contribution in [2.24, 2.45) is 0 Å². The summed E-state index contributed by atoms with van der Waals surface area (Å²) >= 11 is 0. The van der Waals surface area contributed by atoms with E-state index in [-0.39, 0.29) is 37.2 Å². The zero-order valence-corrected chi connectivity index (χ0v) is 13.0. The van der Waals surface area contributed by atoms with Gasteiger partial charge in [0, 0.05) is 18.0 Å². The number of ether oxygens (including phenoxy) is 1. The second-order valence-electron chi connectivity index (χ2n) is 5.74. The van der Waals surface area contributed by atoms with Gasteiger partial charge in [-0.25, -0.2) is 0 Å². The molecule has 1 fully saturated rings. The van der Waals surface area contributed by atoms with Gasteiger partial charge in [-0.2, -0.15) is 0 Å². The van der Waals surface area contributed by atoms with Crippen LogP contribution in [0.1, 0.15) is 47.2 Å². The summed E-state index contributed by atoms with van der Waals surface area (Å²) in [6, 6.07) is 5.91. The van der Waals surface area contributed by atoms with Crippen LogP contribution in [-0.2, 0) is 14.3 Å². The van der Waals surface area contributed by atoms with E-state index in [4.69, 9.17) is 4.74 Å². The van der Waals surface area contributed by atoms with Gasteiger partial charge in [0.15, 0.2) is 12.4 Å². The summed E-state index contributed by atoms with van der Waals surface area (Å²) in [5.74, 6) is -0.887. The van der Waals surface area contributed by atoms with Crippen LogP contribution < -0.4 is 5.32 Å². The molecule has 0 saturated heterocycles. The van der Waals surface area contributed by atoms with Gasteiger partial charge in [-0.15, -0.1) is 0 Å². The summed E-state index contributed by atoms with van der Waals surface area (Å²) in [6.45, 7) is 3.52. The van der Waals surface area contributed by atoms with E-state index >= 15 is 0 Å². The maximum absolute atomic E-state index is 12.1. The van der Waals surface area contributed by atoms with Crippen LogP contribution in [0.15, 0.2) is 18.2 Å². The van der Waals surface area contributed by atoms with Crippen LogP contribution in [0.2, 0.25) is 0 Å². The molecule has 0 aromatic heterocycles. The number of aryl methyl sites for hydroxylation is 2. The molecule has 0 bridgehead atoms. The van der Waals surface area contributed by atoms with Gasteiger partial charge in [0.25, 0.3) is 5.91 Å². The molecule has 0 heterocycles. The molecule has 0 aliphatic heterocycles. The molecule has 5 nitrogen and oxygen atoms in total. The summed E-state index contributed by atoms with van der Waals surface area (Å²) in [5.41, 5.74) is 2.54. The molecule has 22 heavy (non-hydrogen) atoms. The number of ketones is 1. The average Bonchev–Trinajstić information content (AvgIpc) is 3.29. The first kappa shape index (κ1) is 16.2. The third-order valence-corrected chi connectivity index (χ3v) is 3.56. The standard InChI is InChI=1S/C17H21NO4/c1-11-3-4-12(2)14(9-11)15(19)7-8-17(21)22-10-16(20)18-13-5-6-13/h3-4,9,13H,5-8,10H2,1-2H3,(H,18,20). The van der Waals surface area contributed by atoms with Crippen LogP contribution >= 0.6 is 0 Å². The molecule has 1 aliphatic carbocycles. The Balaban J connectivity index is 1.74. The molecule has 0 radical (unpaired) electrons. The SMILES string of the molecule is Cc1ccc(C)c(C(=O)CCC(=O)OCC(=O)NC2CC2)c1. The number of carbonyl (C=O) groups is 3. The van der Waals surface area contributed by atoms with E-state index in [1.807, 2.05) is 32.0 Å². The maximum atomic E-state index is 12.1. The monoisotopic (exact) mass is 303 g/mol. The van der Waals surface area contributed by atoms with E-state index in [9.17, 15) is 14.4 Å². The minimum Gasteiger partial charge on any atom is -0.456 e. The van der Waals surface area contributed by atoms with Crippen LogP contribution in [-0.4, -0.2) is 30.3 Å². The molecule has 0 atom stereocenters. The molecule has 1 amide bonds. The number of Topliss-reactive ketones (excluding diaryl/α,β-unsaturated/α-hetero) is 1. The van der Waals surface area contributed by atoms with Gasteiger partial charge in [0.2, 0.25) is 0 Å². The lowest BCUT2D eigenvalue weighted by Gasteiger charge is -2.07. The van der Waals surface area contributed by atoms with Crippen molar-refractivity contribution in [1.82, 2.24) is 5.32 Å². The van der Waals surface area contributed by atoms with Gasteiger partial charge < -0.3 is 10.1 Å². The van der Waals surface area contributed by atoms with Crippen LogP contribution in [0.5, 0.6) is 0 Å². The number of carbonyl (C=O) groups excluding carboxylic acids is 3. The average molecular weight is 303 g/mol. The first-order chi connectivity index (χ1) is 10.5. The van der Waals surface area contributed by atoms with E-state index in [0.717, 1.165) is 24.0 Å². The Labute approximate surface area is 130 Å². The normalized spacial score (nSPS) is 13.5. The zero-order chi connectivity index (χ0) is 16.1. The van der Waals surface area contributed by atoms with Crippen molar-refractivity contribution in [3.05, 3.63) is 34.9 Å². The van der Waals surface area contributed by atoms with E-state index < -0.39 is 5.97 Å². The van der Waals surface area contributed by atoms with Crippen LogP contribution in [0.25, 0.3) is 0 Å². The number of rotatable bonds is 7. The number of nitrogens with one attached hydrogen (secondary N) is 1. The number of amides is 1. The molecule has 5 heteroatoms. The molecule has 118 valence electrons. The number of esters is 1. The smallest absolute Gasteiger partial charge is 0.306 e. The van der Waals surface area contributed by atoms with Crippen molar-refractivity contribution in [3.63, 3.8) is 0 Å². The topological polar surface area (TPSA) is 72.5 Å². The van der Waals surface area contributed by atoms with E-state index in [0.29, 0.717) is 5.56 Å². The van der Waals surface area contributed by atoms with E-state index in [1.54, 1.807) is 0 Å². The Morgan fingerprint density at radius 2 is 1.91 bits per heavy atom. The fraction of sp³-hybridized carbons (Fsp3) is 0.471. The van der Waals surface area contributed by atoms with Crippen molar-refractivity contribution < 1.29 is 19.1 Å². The lowest BCUT2D eigenvalue weighted by Crippen LogP contribution is -2.30. The number of hydrogen-bond donors (Lipinski definition) is 1. The van der Waals surface area contributed by atoms with Crippen molar-refractivity contribution in [1.29, 1.82) is 0 Å². The Hall–Kier alpha value is -2.17. The maximum Gasteiger partial charge on any atom is 0.306 e. The van der Waals surface area contributed by atoms with Crippen LogP contribution in [0.4, 0.5) is 0 Å². The number of hydrogen-bond acceptors (Lipinski definition) is 4. The summed E-state index contributed by atoms with van der Waals surface area (Å²) in [7, 11) is 0. The molecule has 1 N–H and O–H groups in total. The third-order valence-electron chi connectivity index (χ3n) is 3.56. The second kappa shape index (κ2) is 7.20. The lowest BCUT2D eigenvalue weighted by molar-refractivity contribution is -0.148. The van der Waals surface area contributed by atoms with Gasteiger partial charge >= 0.3 is 5.97 Å². The summed E-state index contributed by atoms with van der Waals surface area (Å²) in [6.07, 6.45) is 2.06. The predicted octanol–water partition coefficient (Wildman–Crippen LogP) is 2.09. The highest BCUT2D eigenvalue weighted by Crippen LogP contribution is 2.18. The Morgan fingerprint density at radius 3 is 2.59 bits per heavy atom. The highest BCUT2D eigenvalue weighted by atomic mass is 16.5. The van der Waals surface area contributed by atoms with E-state index in [2.05, 4.69) is 5.32 Å². The molecule has 0 unspecified atom stereocenters. The third kappa shape index (κ3) is 4.98. The molecule has 0 spiro atoms. The van der Waals surface area contributed by atoms with Crippen LogP contribution in [0.3, 0.4) is 0 Å². The van der Waals surface area contributed by atoms with Gasteiger partial charge in [-0.1, -0.05) is 17.7 Å². The first-order valence-electron chi connectivity index (χ1n) is 7.51. The molecule has 1 aliphatic rings. The molecule has 1 saturated carbocycles. The van der Waals surface area contributed by atoms with E-state index in [1.165, 1.54) is 0 Å². The molecule has 2 rings (SSSR count). The molecular formula is C17H21NO4. The van der Waals surface area contributed by atoms with Crippen LogP contribution in [0, 0.1) is 13.8 Å². The summed E-state index contributed by atoms with van der Waals surface area (Å²) < 4.78 is 4.87. The Morgan fingerprint density at radius 1 is 1.18 bits per heavy atom. The predicted molar refractivity (Wildman–Crippen MR) is 81.6 cm³/mol. The van der Waals surface area contributed by atoms with Crippen molar-refractivity contribution >= 4 is 17.7 Å². The highest BCUT2D eigenvalue weighted by molar-refractivity contribution is 5.99. The first-order valence-corrected chi connectivity index (χ1v) is 7.51. The quantitative estimate of drug-likeness (QED) is 0.618. The fourth-order valence-corrected chi connectivity index (χ4v) is 2.10. The molecule has 1 aromatic carbocycles.